The van der Waals surface area contributed by atoms with E-state index in [1.165, 1.54) is 12.8 Å². The number of hydrogen-bond donors (Lipinski definition) is 1. The second-order valence-electron chi connectivity index (χ2n) is 4.03. The fourth-order valence-electron chi connectivity index (χ4n) is 1.28. The van der Waals surface area contributed by atoms with Gasteiger partial charge in [0.05, 0.1) is 11.2 Å². The van der Waals surface area contributed by atoms with Crippen LogP contribution in [0.15, 0.2) is 30.6 Å². The molecule has 0 aliphatic heterocycles. The molecule has 0 saturated heterocycles. The zero-order valence-corrected chi connectivity index (χ0v) is 9.83. The quantitative estimate of drug-likeness (QED) is 0.773. The molecule has 1 N–H and O–H groups in total. The Morgan fingerprint density at radius 1 is 1.56 bits per heavy atom. The van der Waals surface area contributed by atoms with Crippen LogP contribution in [0.25, 0.3) is 0 Å². The van der Waals surface area contributed by atoms with E-state index in [4.69, 9.17) is 16.3 Å². The molecule has 0 bridgehead atoms. The summed E-state index contributed by atoms with van der Waals surface area (Å²) in [6.45, 7) is 5.27. The molecule has 16 heavy (non-hydrogen) atoms. The standard InChI is InChI=1S/C12H15ClN2O/c1-9(5-15-11-2-3-11)8-16-12-4-10(13)6-14-7-12/h4,6-7,11,15H,1-3,5,8H2. The van der Waals surface area contributed by atoms with Gasteiger partial charge in [0, 0.05) is 24.8 Å². The Kier molecular flexibility index (Phi) is 3.80. The van der Waals surface area contributed by atoms with Gasteiger partial charge in [-0.15, -0.1) is 0 Å². The molecule has 1 aromatic rings. The average molecular weight is 239 g/mol. The van der Waals surface area contributed by atoms with Gasteiger partial charge in [-0.2, -0.15) is 0 Å². The van der Waals surface area contributed by atoms with Crippen LogP contribution < -0.4 is 10.1 Å². The number of pyridine rings is 1. The molecule has 0 atom stereocenters. The van der Waals surface area contributed by atoms with Crippen LogP contribution in [0, 0.1) is 0 Å². The average Bonchev–Trinajstić information content (AvgIpc) is 3.07. The first kappa shape index (κ1) is 11.4. The highest BCUT2D eigenvalue weighted by molar-refractivity contribution is 6.30. The fourth-order valence-corrected chi connectivity index (χ4v) is 1.45. The molecular weight excluding hydrogens is 224 g/mol. The highest BCUT2D eigenvalue weighted by Crippen LogP contribution is 2.19. The lowest BCUT2D eigenvalue weighted by molar-refractivity contribution is 0.347. The lowest BCUT2D eigenvalue weighted by Gasteiger charge is -2.09. The highest BCUT2D eigenvalue weighted by atomic mass is 35.5. The van der Waals surface area contributed by atoms with Crippen molar-refractivity contribution in [3.63, 3.8) is 0 Å². The minimum atomic E-state index is 0.502. The van der Waals surface area contributed by atoms with Crippen molar-refractivity contribution in [2.24, 2.45) is 0 Å². The van der Waals surface area contributed by atoms with Crippen LogP contribution >= 0.6 is 11.6 Å². The zero-order valence-electron chi connectivity index (χ0n) is 9.08. The summed E-state index contributed by atoms with van der Waals surface area (Å²) in [5.74, 6) is 0.681. The molecule has 1 saturated carbocycles. The summed E-state index contributed by atoms with van der Waals surface area (Å²) in [4.78, 5) is 3.94. The normalized spacial score (nSPS) is 14.8. The topological polar surface area (TPSA) is 34.1 Å². The van der Waals surface area contributed by atoms with Crippen molar-refractivity contribution in [2.45, 2.75) is 18.9 Å². The van der Waals surface area contributed by atoms with E-state index in [1.807, 2.05) is 0 Å². The summed E-state index contributed by atoms with van der Waals surface area (Å²) in [5, 5.41) is 3.97. The maximum absolute atomic E-state index is 5.79. The van der Waals surface area contributed by atoms with Gasteiger partial charge in [-0.1, -0.05) is 18.2 Å². The monoisotopic (exact) mass is 238 g/mol. The van der Waals surface area contributed by atoms with Crippen LogP contribution in [-0.2, 0) is 0 Å². The van der Waals surface area contributed by atoms with Crippen molar-refractivity contribution < 1.29 is 4.74 Å². The van der Waals surface area contributed by atoms with Crippen molar-refractivity contribution >= 4 is 11.6 Å². The van der Waals surface area contributed by atoms with Gasteiger partial charge < -0.3 is 10.1 Å². The predicted octanol–water partition coefficient (Wildman–Crippen LogP) is 2.42. The minimum absolute atomic E-state index is 0.502. The first-order chi connectivity index (χ1) is 7.74. The molecule has 0 spiro atoms. The molecule has 1 aromatic heterocycles. The van der Waals surface area contributed by atoms with Gasteiger partial charge in [0.25, 0.3) is 0 Å². The summed E-state index contributed by atoms with van der Waals surface area (Å²) in [6, 6.07) is 2.44. The van der Waals surface area contributed by atoms with E-state index >= 15 is 0 Å². The highest BCUT2D eigenvalue weighted by Gasteiger charge is 2.19. The molecule has 1 heterocycles. The maximum Gasteiger partial charge on any atom is 0.139 e. The van der Waals surface area contributed by atoms with Crippen LogP contribution in [0.2, 0.25) is 5.02 Å². The van der Waals surface area contributed by atoms with Crippen molar-refractivity contribution in [1.29, 1.82) is 0 Å². The lowest BCUT2D eigenvalue weighted by atomic mass is 10.3. The Hall–Kier alpha value is -1.06. The van der Waals surface area contributed by atoms with Gasteiger partial charge in [0.1, 0.15) is 12.4 Å². The van der Waals surface area contributed by atoms with Crippen LogP contribution in [0.1, 0.15) is 12.8 Å². The van der Waals surface area contributed by atoms with Gasteiger partial charge >= 0.3 is 0 Å². The number of hydrogen-bond acceptors (Lipinski definition) is 3. The van der Waals surface area contributed by atoms with Gasteiger partial charge in [-0.25, -0.2) is 0 Å². The summed E-state index contributed by atoms with van der Waals surface area (Å²) in [7, 11) is 0. The summed E-state index contributed by atoms with van der Waals surface area (Å²) in [6.07, 6.45) is 5.80. The molecule has 0 unspecified atom stereocenters. The number of nitrogens with one attached hydrogen (secondary N) is 1. The number of halogens is 1. The Balaban J connectivity index is 1.71. The first-order valence-corrected chi connectivity index (χ1v) is 5.75. The van der Waals surface area contributed by atoms with E-state index < -0.39 is 0 Å². The maximum atomic E-state index is 5.79. The van der Waals surface area contributed by atoms with E-state index in [1.54, 1.807) is 18.5 Å². The van der Waals surface area contributed by atoms with Crippen molar-refractivity contribution in [3.05, 3.63) is 35.6 Å². The second kappa shape index (κ2) is 5.32. The molecule has 1 fully saturated rings. The van der Waals surface area contributed by atoms with Crippen LogP contribution in [0.4, 0.5) is 0 Å². The van der Waals surface area contributed by atoms with Crippen molar-refractivity contribution in [3.8, 4) is 5.75 Å². The Bertz CT molecular complexity index is 377. The molecule has 86 valence electrons. The summed E-state index contributed by atoms with van der Waals surface area (Å²) in [5.41, 5.74) is 1.03. The van der Waals surface area contributed by atoms with Gasteiger partial charge in [-0.05, 0) is 18.4 Å². The van der Waals surface area contributed by atoms with E-state index in [2.05, 4.69) is 16.9 Å². The Morgan fingerprint density at radius 2 is 2.38 bits per heavy atom. The molecule has 0 aromatic carbocycles. The molecule has 1 aliphatic carbocycles. The van der Waals surface area contributed by atoms with Crippen LogP contribution in [0.5, 0.6) is 5.75 Å². The van der Waals surface area contributed by atoms with Crippen LogP contribution in [0.3, 0.4) is 0 Å². The minimum Gasteiger partial charge on any atom is -0.488 e. The molecule has 2 rings (SSSR count). The third-order valence-electron chi connectivity index (χ3n) is 2.34. The molecular formula is C12H15ClN2O. The zero-order chi connectivity index (χ0) is 11.4. The number of rotatable bonds is 6. The Labute approximate surface area is 100 Å². The van der Waals surface area contributed by atoms with Gasteiger partial charge in [0.2, 0.25) is 0 Å². The van der Waals surface area contributed by atoms with Gasteiger partial charge in [0.15, 0.2) is 0 Å². The van der Waals surface area contributed by atoms with Crippen molar-refractivity contribution in [2.75, 3.05) is 13.2 Å². The second-order valence-corrected chi connectivity index (χ2v) is 4.47. The van der Waals surface area contributed by atoms with Gasteiger partial charge in [-0.3, -0.25) is 4.98 Å². The Morgan fingerprint density at radius 3 is 3.06 bits per heavy atom. The SMILES string of the molecule is C=C(CNC1CC1)COc1cncc(Cl)c1. The summed E-state index contributed by atoms with van der Waals surface area (Å²) < 4.78 is 5.51. The molecule has 1 aliphatic rings. The third kappa shape index (κ3) is 3.83. The molecule has 0 radical (unpaired) electrons. The van der Waals surface area contributed by atoms with Crippen molar-refractivity contribution in [1.82, 2.24) is 10.3 Å². The first-order valence-electron chi connectivity index (χ1n) is 5.37. The fraction of sp³-hybridized carbons (Fsp3) is 0.417. The lowest BCUT2D eigenvalue weighted by Crippen LogP contribution is -2.21. The van der Waals surface area contributed by atoms with Crippen LogP contribution in [-0.4, -0.2) is 24.2 Å². The smallest absolute Gasteiger partial charge is 0.139 e. The van der Waals surface area contributed by atoms with E-state index in [-0.39, 0.29) is 0 Å². The number of ether oxygens (including phenoxy) is 1. The summed E-state index contributed by atoms with van der Waals surface area (Å²) >= 11 is 5.79. The third-order valence-corrected chi connectivity index (χ3v) is 2.55. The molecule has 4 heteroatoms. The van der Waals surface area contributed by atoms with E-state index in [0.717, 1.165) is 12.1 Å². The number of aromatic nitrogens is 1. The van der Waals surface area contributed by atoms with E-state index in [0.29, 0.717) is 23.4 Å². The largest absolute Gasteiger partial charge is 0.488 e. The predicted molar refractivity (Wildman–Crippen MR) is 64.9 cm³/mol. The number of nitrogens with zero attached hydrogens (tertiary/aromatic N) is 1. The molecule has 3 nitrogen and oxygen atoms in total. The molecule has 0 amide bonds. The van der Waals surface area contributed by atoms with E-state index in [9.17, 15) is 0 Å².